The second kappa shape index (κ2) is 6.45. The van der Waals surface area contributed by atoms with Crippen molar-refractivity contribution < 1.29 is 0 Å². The zero-order valence-electron chi connectivity index (χ0n) is 9.95. The summed E-state index contributed by atoms with van der Waals surface area (Å²) in [5, 5.41) is 4.59. The zero-order chi connectivity index (χ0) is 12.1. The first-order valence-corrected chi connectivity index (χ1v) is 7.74. The predicted molar refractivity (Wildman–Crippen MR) is 79.6 cm³/mol. The molecule has 1 aromatic carbocycles. The van der Waals surface area contributed by atoms with Crippen LogP contribution in [0.1, 0.15) is 25.3 Å². The molecule has 1 saturated heterocycles. The van der Waals surface area contributed by atoms with Gasteiger partial charge in [0.2, 0.25) is 0 Å². The molecule has 0 spiro atoms. The van der Waals surface area contributed by atoms with Gasteiger partial charge in [0.25, 0.3) is 0 Å². The van der Waals surface area contributed by atoms with Gasteiger partial charge >= 0.3 is 0 Å². The van der Waals surface area contributed by atoms with Crippen molar-refractivity contribution in [3.8, 4) is 0 Å². The van der Waals surface area contributed by atoms with E-state index < -0.39 is 0 Å². The molecule has 92 valence electrons. The lowest BCUT2D eigenvalue weighted by molar-refractivity contribution is 0.570. The van der Waals surface area contributed by atoms with Gasteiger partial charge in [-0.15, -0.1) is 0 Å². The molecule has 1 N–H and O–H groups in total. The summed E-state index contributed by atoms with van der Waals surface area (Å²) in [6.07, 6.45) is 2.42. The van der Waals surface area contributed by atoms with E-state index in [-0.39, 0.29) is 0 Å². The lowest BCUT2D eigenvalue weighted by atomic mass is 10.2. The summed E-state index contributed by atoms with van der Waals surface area (Å²) in [6, 6.07) is 8.86. The number of rotatable bonds is 3. The number of aliphatic imine (C=N–C) groups is 1. The fourth-order valence-corrected chi connectivity index (χ4v) is 3.18. The van der Waals surface area contributed by atoms with Crippen molar-refractivity contribution >= 4 is 32.9 Å². The van der Waals surface area contributed by atoms with Gasteiger partial charge in [-0.2, -0.15) is 0 Å². The van der Waals surface area contributed by atoms with Gasteiger partial charge in [0.05, 0.1) is 6.54 Å². The molecule has 1 aromatic rings. The van der Waals surface area contributed by atoms with Gasteiger partial charge < -0.3 is 5.32 Å². The monoisotopic (exact) mass is 312 g/mol. The molecule has 0 aliphatic carbocycles. The molecular formula is C13H17BrN2S. The van der Waals surface area contributed by atoms with Crippen molar-refractivity contribution in [3.63, 3.8) is 0 Å². The molecule has 0 saturated carbocycles. The minimum Gasteiger partial charge on any atom is -0.362 e. The molecular weight excluding hydrogens is 296 g/mol. The van der Waals surface area contributed by atoms with E-state index in [9.17, 15) is 0 Å². The van der Waals surface area contributed by atoms with Crippen molar-refractivity contribution in [2.75, 3.05) is 5.75 Å². The summed E-state index contributed by atoms with van der Waals surface area (Å²) in [6.45, 7) is 2.96. The number of halogens is 1. The highest BCUT2D eigenvalue weighted by Gasteiger charge is 2.15. The molecule has 17 heavy (non-hydrogen) atoms. The van der Waals surface area contributed by atoms with Crippen molar-refractivity contribution in [2.24, 2.45) is 4.99 Å². The Morgan fingerprint density at radius 1 is 1.47 bits per heavy atom. The summed E-state index contributed by atoms with van der Waals surface area (Å²) >= 11 is 5.38. The molecule has 1 unspecified atom stereocenters. The van der Waals surface area contributed by atoms with E-state index in [4.69, 9.17) is 0 Å². The Morgan fingerprint density at radius 2 is 2.29 bits per heavy atom. The topological polar surface area (TPSA) is 24.4 Å². The second-order valence-electron chi connectivity index (χ2n) is 4.10. The molecule has 1 aliphatic heterocycles. The predicted octanol–water partition coefficient (Wildman–Crippen LogP) is 3.81. The van der Waals surface area contributed by atoms with Gasteiger partial charge in [-0.05, 0) is 24.5 Å². The van der Waals surface area contributed by atoms with Gasteiger partial charge in [-0.3, -0.25) is 4.99 Å². The van der Waals surface area contributed by atoms with Crippen molar-refractivity contribution in [2.45, 2.75) is 32.4 Å². The van der Waals surface area contributed by atoms with E-state index in [1.807, 2.05) is 17.8 Å². The number of nitrogens with zero attached hydrogens (tertiary/aromatic N) is 1. The Bertz CT molecular complexity index is 406. The average molecular weight is 313 g/mol. The molecule has 0 aromatic heterocycles. The Kier molecular flexibility index (Phi) is 4.92. The molecule has 0 bridgehead atoms. The van der Waals surface area contributed by atoms with Crippen LogP contribution in [0.25, 0.3) is 0 Å². The molecule has 1 fully saturated rings. The molecule has 1 heterocycles. The highest BCUT2D eigenvalue weighted by molar-refractivity contribution is 9.10. The van der Waals surface area contributed by atoms with Crippen LogP contribution in [0.15, 0.2) is 33.7 Å². The summed E-state index contributed by atoms with van der Waals surface area (Å²) in [5.41, 5.74) is 1.24. The maximum atomic E-state index is 4.65. The second-order valence-corrected chi connectivity index (χ2v) is 6.04. The van der Waals surface area contributed by atoms with Crippen molar-refractivity contribution in [1.82, 2.24) is 5.32 Å². The van der Waals surface area contributed by atoms with Crippen LogP contribution >= 0.6 is 27.7 Å². The first-order valence-electron chi connectivity index (χ1n) is 5.96. The van der Waals surface area contributed by atoms with Crippen LogP contribution in [-0.2, 0) is 6.54 Å². The van der Waals surface area contributed by atoms with E-state index in [1.165, 1.54) is 24.2 Å². The Hall–Kier alpha value is -0.480. The summed E-state index contributed by atoms with van der Waals surface area (Å²) in [5.74, 6) is 1.18. The van der Waals surface area contributed by atoms with Gasteiger partial charge in [-0.1, -0.05) is 52.8 Å². The molecule has 1 atom stereocenters. The highest BCUT2D eigenvalue weighted by Crippen LogP contribution is 2.19. The number of hydrogen-bond donors (Lipinski definition) is 1. The lowest BCUT2D eigenvalue weighted by Gasteiger charge is -2.24. The normalized spacial score (nSPS) is 22.5. The van der Waals surface area contributed by atoms with Crippen molar-refractivity contribution in [3.05, 3.63) is 34.3 Å². The lowest BCUT2D eigenvalue weighted by Crippen LogP contribution is -2.37. The summed E-state index contributed by atoms with van der Waals surface area (Å²) in [4.78, 5) is 4.65. The maximum Gasteiger partial charge on any atom is 0.157 e. The molecule has 4 heteroatoms. The minimum atomic E-state index is 0.606. The zero-order valence-corrected chi connectivity index (χ0v) is 12.4. The van der Waals surface area contributed by atoms with E-state index in [1.54, 1.807) is 0 Å². The maximum absolute atomic E-state index is 4.65. The smallest absolute Gasteiger partial charge is 0.157 e. The standard InChI is InChI=1S/C13H17BrN2S/c1-2-11-7-8-17-13(16-11)15-9-10-5-3-4-6-12(10)14/h3-6,11H,2,7-9H2,1H3,(H,15,16). The summed E-state index contributed by atoms with van der Waals surface area (Å²) in [7, 11) is 0. The van der Waals surface area contributed by atoms with E-state index in [2.05, 4.69) is 51.4 Å². The number of nitrogens with one attached hydrogen (secondary N) is 1. The largest absolute Gasteiger partial charge is 0.362 e. The average Bonchev–Trinajstić information content (AvgIpc) is 2.38. The quantitative estimate of drug-likeness (QED) is 0.917. The number of hydrogen-bond acceptors (Lipinski definition) is 2. The minimum absolute atomic E-state index is 0.606. The van der Waals surface area contributed by atoms with E-state index in [0.717, 1.165) is 16.2 Å². The van der Waals surface area contributed by atoms with Gasteiger partial charge in [0.15, 0.2) is 5.17 Å². The summed E-state index contributed by atoms with van der Waals surface area (Å²) < 4.78 is 1.14. The van der Waals surface area contributed by atoms with Crippen LogP contribution in [0.3, 0.4) is 0 Å². The van der Waals surface area contributed by atoms with E-state index in [0.29, 0.717) is 6.04 Å². The third kappa shape index (κ3) is 3.75. The fraction of sp³-hybridized carbons (Fsp3) is 0.462. The van der Waals surface area contributed by atoms with Crippen LogP contribution in [0.5, 0.6) is 0 Å². The Balaban J connectivity index is 1.98. The number of amidine groups is 1. The van der Waals surface area contributed by atoms with Crippen LogP contribution in [-0.4, -0.2) is 17.0 Å². The number of thioether (sulfide) groups is 1. The van der Waals surface area contributed by atoms with Gasteiger partial charge in [-0.25, -0.2) is 0 Å². The Labute approximate surface area is 115 Å². The third-order valence-corrected chi connectivity index (χ3v) is 4.61. The van der Waals surface area contributed by atoms with Crippen LogP contribution < -0.4 is 5.32 Å². The van der Waals surface area contributed by atoms with Crippen LogP contribution in [0.2, 0.25) is 0 Å². The Morgan fingerprint density at radius 3 is 3.06 bits per heavy atom. The first kappa shape index (κ1) is 13.0. The highest BCUT2D eigenvalue weighted by atomic mass is 79.9. The third-order valence-electron chi connectivity index (χ3n) is 2.88. The van der Waals surface area contributed by atoms with Gasteiger partial charge in [0, 0.05) is 16.3 Å². The molecule has 2 rings (SSSR count). The molecule has 0 amide bonds. The van der Waals surface area contributed by atoms with Crippen LogP contribution in [0.4, 0.5) is 0 Å². The van der Waals surface area contributed by atoms with E-state index >= 15 is 0 Å². The first-order chi connectivity index (χ1) is 8.29. The van der Waals surface area contributed by atoms with Crippen LogP contribution in [0, 0.1) is 0 Å². The van der Waals surface area contributed by atoms with Crippen molar-refractivity contribution in [1.29, 1.82) is 0 Å². The fourth-order valence-electron chi connectivity index (χ4n) is 1.77. The molecule has 0 radical (unpaired) electrons. The SMILES string of the molecule is CCC1CCSC(=NCc2ccccc2Br)N1. The number of benzene rings is 1. The molecule has 1 aliphatic rings. The van der Waals surface area contributed by atoms with Gasteiger partial charge in [0.1, 0.15) is 0 Å². The molecule has 2 nitrogen and oxygen atoms in total.